The third-order valence-electron chi connectivity index (χ3n) is 6.64. The second kappa shape index (κ2) is 22.4. The first kappa shape index (κ1) is 43.6. The van der Waals surface area contributed by atoms with E-state index in [1.54, 1.807) is 111 Å². The predicted octanol–water partition coefficient (Wildman–Crippen LogP) is 2.74. The second-order valence-electron chi connectivity index (χ2n) is 9.89. The topological polar surface area (TPSA) is 195 Å². The first-order valence-corrected chi connectivity index (χ1v) is 30.0. The molecule has 0 bridgehead atoms. The van der Waals surface area contributed by atoms with Gasteiger partial charge < -0.3 is 30.8 Å². The number of anilines is 2. The molecule has 4 amide bonds. The summed E-state index contributed by atoms with van der Waals surface area (Å²) in [6.45, 7) is 0.126. The molecule has 1 aromatic carbocycles. The lowest BCUT2D eigenvalue weighted by Crippen LogP contribution is -2.49. The molecule has 0 radical (unpaired) electrons. The minimum atomic E-state index is -4.08. The molecular weight excluding hydrogens is 985 g/mol. The van der Waals surface area contributed by atoms with Crippen molar-refractivity contribution in [2.45, 2.75) is 24.9 Å². The minimum Gasteiger partial charge on any atom is -0.366 e. The van der Waals surface area contributed by atoms with Gasteiger partial charge in [0, 0.05) is 138 Å². The number of amides is 4. The summed E-state index contributed by atoms with van der Waals surface area (Å²) >= 11 is 12.6. The van der Waals surface area contributed by atoms with Gasteiger partial charge in [-0.2, -0.15) is 4.31 Å². The van der Waals surface area contributed by atoms with Gasteiger partial charge in [-0.05, 0) is 52.7 Å². The van der Waals surface area contributed by atoms with Gasteiger partial charge in [0.25, 0.3) is 5.91 Å². The summed E-state index contributed by atoms with van der Waals surface area (Å²) in [5.74, 6) is -1.58. The van der Waals surface area contributed by atoms with E-state index in [4.69, 9.17) is 10.3 Å². The lowest BCUT2D eigenvalue weighted by Gasteiger charge is -2.31. The third kappa shape index (κ3) is 13.8. The van der Waals surface area contributed by atoms with Crippen LogP contribution in [0.1, 0.15) is 22.5 Å². The van der Waals surface area contributed by atoms with Gasteiger partial charge >= 0.3 is 6.03 Å². The lowest BCUT2D eigenvalue weighted by molar-refractivity contribution is -0.119. The Labute approximate surface area is 347 Å². The molecule has 5 N–H and O–H groups in total. The highest BCUT2D eigenvalue weighted by Gasteiger charge is 2.36. The van der Waals surface area contributed by atoms with Crippen LogP contribution in [-0.2, 0) is 130 Å². The van der Waals surface area contributed by atoms with E-state index in [2.05, 4.69) is 64.4 Å². The average Bonchev–Trinajstić information content (AvgIpc) is 3.79. The number of sulfonamides is 1. The third-order valence-corrected chi connectivity index (χ3v) is 26.6. The smallest absolute Gasteiger partial charge is 0.319 e. The Morgan fingerprint density at radius 3 is 2.34 bits per heavy atom. The van der Waals surface area contributed by atoms with E-state index in [0.717, 1.165) is 4.31 Å². The zero-order valence-electron chi connectivity index (χ0n) is 26.3. The maximum Gasteiger partial charge on any atom is 0.319 e. The van der Waals surface area contributed by atoms with Crippen LogP contribution in [0, 0.1) is 0 Å². The van der Waals surface area contributed by atoms with Gasteiger partial charge in [-0.3, -0.25) is 9.59 Å². The van der Waals surface area contributed by atoms with Gasteiger partial charge in [0.15, 0.2) is 0 Å². The first-order chi connectivity index (χ1) is 25.5. The van der Waals surface area contributed by atoms with Gasteiger partial charge in [0.1, 0.15) is 34.3 Å². The Balaban J connectivity index is 0.000000495. The van der Waals surface area contributed by atoms with Crippen LogP contribution in [0.2, 0.25) is 0 Å². The maximum absolute atomic E-state index is 13.7. The van der Waals surface area contributed by atoms with Gasteiger partial charge in [-0.1, -0.05) is 23.4 Å². The van der Waals surface area contributed by atoms with Crippen LogP contribution in [0.25, 0.3) is 10.9 Å². The van der Waals surface area contributed by atoms with Crippen molar-refractivity contribution in [1.82, 2.24) is 24.3 Å². The quantitative estimate of drug-likeness (QED) is 0.143. The summed E-state index contributed by atoms with van der Waals surface area (Å²) in [6.07, 6.45) is 6.33. The van der Waals surface area contributed by atoms with Crippen molar-refractivity contribution in [3.63, 3.8) is 0 Å². The van der Waals surface area contributed by atoms with Crippen LogP contribution in [0.4, 0.5) is 16.3 Å². The number of benzene rings is 1. The highest BCUT2D eigenvalue weighted by Crippen LogP contribution is 2.27. The van der Waals surface area contributed by atoms with Gasteiger partial charge in [0.05, 0.1) is 12.1 Å². The highest BCUT2D eigenvalue weighted by molar-refractivity contribution is 9.10. The molecule has 0 saturated heterocycles. The fourth-order valence-electron chi connectivity index (χ4n) is 4.56. The van der Waals surface area contributed by atoms with Crippen molar-refractivity contribution in [1.29, 1.82) is 0 Å². The number of nitrogens with two attached hydrogens (primary N) is 1. The Morgan fingerprint density at radius 2 is 1.70 bits per heavy atom. The average molecular weight is 1010 g/mol. The summed E-state index contributed by atoms with van der Waals surface area (Å²) in [5.41, 5.74) is 6.95. The van der Waals surface area contributed by atoms with Crippen molar-refractivity contribution < 1.29 is 27.3 Å². The molecule has 1 atom stereocenters. The Morgan fingerprint density at radius 1 is 0.981 bits per heavy atom. The molecule has 27 heteroatoms. The Kier molecular flexibility index (Phi) is 18.5. The molecule has 0 fully saturated rings. The number of hydrogen-bond donors (Lipinski definition) is 4. The van der Waals surface area contributed by atoms with Gasteiger partial charge in [0.2, 0.25) is 15.9 Å². The van der Waals surface area contributed by atoms with Crippen molar-refractivity contribution in [3.8, 4) is 0 Å². The van der Waals surface area contributed by atoms with E-state index >= 15 is 0 Å². The minimum absolute atomic E-state index is 0.00821. The summed E-state index contributed by atoms with van der Waals surface area (Å²) in [4.78, 5) is 41.9. The van der Waals surface area contributed by atoms with Gasteiger partial charge in [-0.15, -0.1) is 0 Å². The normalized spacial score (nSPS) is 13.6. The number of nitrogens with one attached hydrogen (secondary N) is 3. The highest BCUT2D eigenvalue weighted by atomic mass is 79.9. The monoisotopic (exact) mass is 1010 g/mol. The van der Waals surface area contributed by atoms with Crippen LogP contribution in [0.5, 0.6) is 0 Å². The molecule has 4 heterocycles. The number of pyridine rings is 1. The SMILES string of the molecule is NC(=O)c1cn(CS(=O)(=O)N2CC=CC[C@H]2C(=O)Nc2cccc(Br)n2)c2ccc(NC(=O)NCc3ccon3)cc12.S=S=S=S=S=S=S=S=S=S=S. The maximum atomic E-state index is 13.7. The number of primary amides is 1. The fraction of sp³-hybridized carbons (Fsp3) is 0.192. The fourth-order valence-corrected chi connectivity index (χ4v) is 25.7. The number of urea groups is 1. The Bertz CT molecular complexity index is 2510. The number of hydrogen-bond acceptors (Lipinski definition) is 10. The number of carbonyl (C=O) groups excluding carboxylic acids is 3. The molecule has 0 spiro atoms. The number of aromatic nitrogens is 3. The number of carbonyl (C=O) groups is 3. The molecule has 1 aliphatic heterocycles. The summed E-state index contributed by atoms with van der Waals surface area (Å²) in [7, 11) is 10.4. The number of rotatable bonds is 9. The largest absolute Gasteiger partial charge is 0.366 e. The molecule has 4 aromatic rings. The number of nitrogens with zero attached hydrogens (tertiary/aromatic N) is 4. The zero-order chi connectivity index (χ0) is 38.2. The number of halogens is 1. The first-order valence-electron chi connectivity index (χ1n) is 14.2. The van der Waals surface area contributed by atoms with Crippen molar-refractivity contribution in [2.24, 2.45) is 5.73 Å². The van der Waals surface area contributed by atoms with Crippen molar-refractivity contribution in [3.05, 3.63) is 82.9 Å². The van der Waals surface area contributed by atoms with E-state index < -0.39 is 39.8 Å². The van der Waals surface area contributed by atoms with Crippen LogP contribution < -0.4 is 21.7 Å². The van der Waals surface area contributed by atoms with E-state index in [-0.39, 0.29) is 30.9 Å². The summed E-state index contributed by atoms with van der Waals surface area (Å²) in [6, 6.07) is 9.73. The molecule has 0 saturated carbocycles. The van der Waals surface area contributed by atoms with Gasteiger partial charge in [-0.25, -0.2) is 18.2 Å². The van der Waals surface area contributed by atoms with Crippen LogP contribution >= 0.6 is 15.9 Å². The molecule has 0 aliphatic carbocycles. The molecule has 53 heavy (non-hydrogen) atoms. The lowest BCUT2D eigenvalue weighted by atomic mass is 10.1. The molecule has 0 unspecified atom stereocenters. The molecule has 3 aromatic heterocycles. The molecular formula is C26H25BrN8O6S12. The van der Waals surface area contributed by atoms with Crippen molar-refractivity contribution in [2.75, 3.05) is 17.2 Å². The summed E-state index contributed by atoms with van der Waals surface area (Å²) < 4.78 is 35.1. The standard InChI is InChI=1S/C26H25BrN8O6S.S11/c27-22-5-3-6-23(31-22)32-25(37)21-4-1-2-10-35(21)42(39,40)15-34-14-19(24(28)36)18-12-16(7-8-20(18)34)30-26(38)29-13-17-9-11-41-33-17;1-3-5-7-9-11-10-8-6-4-2/h1-3,5-9,11-12,14,21H,4,10,13,15H2,(H2,28,36)(H2,29,30,38)(H,31,32,37);/t21-;/m0./s1. The van der Waals surface area contributed by atoms with E-state index in [9.17, 15) is 22.8 Å². The summed E-state index contributed by atoms with van der Waals surface area (Å²) in [5, 5.41) is 12.0. The van der Waals surface area contributed by atoms with E-state index in [1.807, 2.05) is 0 Å². The van der Waals surface area contributed by atoms with Crippen LogP contribution in [0.15, 0.2) is 76.2 Å². The Hall–Kier alpha value is -2.12. The van der Waals surface area contributed by atoms with Crippen LogP contribution in [0.3, 0.4) is 0 Å². The second-order valence-corrected chi connectivity index (χ2v) is 28.5. The van der Waals surface area contributed by atoms with E-state index in [1.165, 1.54) is 40.9 Å². The molecule has 14 nitrogen and oxygen atoms in total. The number of fused-ring (bicyclic) bond motifs is 1. The molecule has 1 aliphatic rings. The molecule has 284 valence electrons. The molecule has 5 rings (SSSR count). The van der Waals surface area contributed by atoms with Crippen LogP contribution in [-0.4, -0.2) is 57.9 Å². The van der Waals surface area contributed by atoms with Crippen molar-refractivity contribution >= 4 is 169 Å². The predicted molar refractivity (Wildman–Crippen MR) is 238 cm³/mol. The zero-order valence-corrected chi connectivity index (χ0v) is 37.7. The van der Waals surface area contributed by atoms with E-state index in [0.29, 0.717) is 26.9 Å².